The van der Waals surface area contributed by atoms with E-state index in [-0.39, 0.29) is 23.5 Å². The van der Waals surface area contributed by atoms with E-state index >= 15 is 0 Å². The Bertz CT molecular complexity index is 1030. The lowest BCUT2D eigenvalue weighted by Gasteiger charge is -2.17. The van der Waals surface area contributed by atoms with Gasteiger partial charge in [-0.25, -0.2) is 12.7 Å². The standard InChI is InChI=1S/C21H24N2O5S/c1-14(2)28-18-11-7-16(8-12-18)22-19(24)15-5-9-17(10-6-15)23-20(25)21(3,4)13-29(23,26)27/h5-12,14H,13H2,1-4H3,(H,22,24). The quantitative estimate of drug-likeness (QED) is 0.806. The first-order valence-electron chi connectivity index (χ1n) is 9.25. The SMILES string of the molecule is CC(C)Oc1ccc(NC(=O)c2ccc(N3C(=O)C(C)(C)CS3(=O)=O)cc2)cc1. The monoisotopic (exact) mass is 416 g/mol. The summed E-state index contributed by atoms with van der Waals surface area (Å²) in [6.45, 7) is 7.07. The molecule has 1 saturated heterocycles. The molecule has 0 radical (unpaired) electrons. The van der Waals surface area contributed by atoms with Crippen molar-refractivity contribution in [1.29, 1.82) is 0 Å². The first-order chi connectivity index (χ1) is 13.5. The fourth-order valence-electron chi connectivity index (χ4n) is 3.10. The van der Waals surface area contributed by atoms with Gasteiger partial charge in [0.25, 0.3) is 5.91 Å². The maximum absolute atomic E-state index is 12.5. The van der Waals surface area contributed by atoms with E-state index in [2.05, 4.69) is 5.32 Å². The van der Waals surface area contributed by atoms with Crippen LogP contribution in [0.2, 0.25) is 0 Å². The van der Waals surface area contributed by atoms with Crippen LogP contribution in [0.15, 0.2) is 48.5 Å². The molecule has 29 heavy (non-hydrogen) atoms. The number of nitrogens with zero attached hydrogens (tertiary/aromatic N) is 1. The number of hydrogen-bond acceptors (Lipinski definition) is 5. The van der Waals surface area contributed by atoms with E-state index in [1.165, 1.54) is 24.3 Å². The molecule has 1 N–H and O–H groups in total. The third-order valence-electron chi connectivity index (χ3n) is 4.43. The minimum absolute atomic E-state index is 0.0610. The van der Waals surface area contributed by atoms with Gasteiger partial charge in [-0.1, -0.05) is 0 Å². The minimum atomic E-state index is -3.72. The number of hydrogen-bond donors (Lipinski definition) is 1. The molecule has 1 fully saturated rings. The molecule has 2 aromatic carbocycles. The molecular weight excluding hydrogens is 392 g/mol. The summed E-state index contributed by atoms with van der Waals surface area (Å²) >= 11 is 0. The van der Waals surface area contributed by atoms with Crippen molar-refractivity contribution in [2.75, 3.05) is 15.4 Å². The summed E-state index contributed by atoms with van der Waals surface area (Å²) in [6.07, 6.45) is 0.0610. The van der Waals surface area contributed by atoms with Gasteiger partial charge < -0.3 is 10.1 Å². The van der Waals surface area contributed by atoms with Crippen LogP contribution < -0.4 is 14.4 Å². The molecule has 0 bridgehead atoms. The average Bonchev–Trinajstić information content (AvgIpc) is 2.79. The fraction of sp³-hybridized carbons (Fsp3) is 0.333. The van der Waals surface area contributed by atoms with E-state index < -0.39 is 21.3 Å². The summed E-state index contributed by atoms with van der Waals surface area (Å²) in [6, 6.07) is 12.9. The lowest BCUT2D eigenvalue weighted by atomic mass is 9.95. The van der Waals surface area contributed by atoms with E-state index in [0.717, 1.165) is 4.31 Å². The molecule has 154 valence electrons. The summed E-state index contributed by atoms with van der Waals surface area (Å²) in [5.41, 5.74) is 0.210. The van der Waals surface area contributed by atoms with Gasteiger partial charge in [-0.3, -0.25) is 9.59 Å². The Kier molecular flexibility index (Phi) is 5.40. The number of anilines is 2. The molecule has 1 aliphatic heterocycles. The van der Waals surface area contributed by atoms with Crippen molar-refractivity contribution in [3.63, 3.8) is 0 Å². The van der Waals surface area contributed by atoms with Crippen LogP contribution in [-0.2, 0) is 14.8 Å². The van der Waals surface area contributed by atoms with Crippen LogP contribution in [0.5, 0.6) is 5.75 Å². The molecule has 8 heteroatoms. The minimum Gasteiger partial charge on any atom is -0.491 e. The van der Waals surface area contributed by atoms with Crippen LogP contribution in [0.4, 0.5) is 11.4 Å². The Morgan fingerprint density at radius 3 is 2.14 bits per heavy atom. The predicted octanol–water partition coefficient (Wildman–Crippen LogP) is 3.43. The molecule has 0 atom stereocenters. The summed E-state index contributed by atoms with van der Waals surface area (Å²) < 4.78 is 31.1. The van der Waals surface area contributed by atoms with Gasteiger partial charge in [-0.2, -0.15) is 0 Å². The van der Waals surface area contributed by atoms with Crippen LogP contribution in [0.1, 0.15) is 38.1 Å². The number of carbonyl (C=O) groups excluding carboxylic acids is 2. The van der Waals surface area contributed by atoms with Crippen LogP contribution >= 0.6 is 0 Å². The Balaban J connectivity index is 1.73. The molecule has 0 aliphatic carbocycles. The second kappa shape index (κ2) is 7.51. The predicted molar refractivity (Wildman–Crippen MR) is 112 cm³/mol. The van der Waals surface area contributed by atoms with Crippen molar-refractivity contribution in [2.24, 2.45) is 5.41 Å². The molecule has 0 aromatic heterocycles. The Hall–Kier alpha value is -2.87. The number of amides is 2. The lowest BCUT2D eigenvalue weighted by molar-refractivity contribution is -0.123. The lowest BCUT2D eigenvalue weighted by Crippen LogP contribution is -2.32. The van der Waals surface area contributed by atoms with Gasteiger partial charge in [0.05, 0.1) is 23.0 Å². The van der Waals surface area contributed by atoms with Gasteiger partial charge >= 0.3 is 0 Å². The zero-order valence-corrected chi connectivity index (χ0v) is 17.6. The molecule has 0 saturated carbocycles. The van der Waals surface area contributed by atoms with E-state index in [9.17, 15) is 18.0 Å². The molecule has 1 heterocycles. The number of benzene rings is 2. The van der Waals surface area contributed by atoms with Crippen molar-refractivity contribution in [2.45, 2.75) is 33.8 Å². The molecular formula is C21H24N2O5S. The Morgan fingerprint density at radius 1 is 1.07 bits per heavy atom. The topological polar surface area (TPSA) is 92.8 Å². The van der Waals surface area contributed by atoms with Crippen LogP contribution in [0.25, 0.3) is 0 Å². The molecule has 2 amide bonds. The highest BCUT2D eigenvalue weighted by Crippen LogP contribution is 2.35. The van der Waals surface area contributed by atoms with E-state index in [1.54, 1.807) is 38.1 Å². The van der Waals surface area contributed by atoms with Gasteiger partial charge in [0, 0.05) is 11.3 Å². The van der Waals surface area contributed by atoms with Crippen molar-refractivity contribution >= 4 is 33.2 Å². The molecule has 7 nitrogen and oxygen atoms in total. The van der Waals surface area contributed by atoms with Crippen LogP contribution in [0.3, 0.4) is 0 Å². The van der Waals surface area contributed by atoms with Crippen molar-refractivity contribution in [3.8, 4) is 5.75 Å². The van der Waals surface area contributed by atoms with Gasteiger partial charge in [-0.15, -0.1) is 0 Å². The molecule has 0 unspecified atom stereocenters. The van der Waals surface area contributed by atoms with Crippen molar-refractivity contribution in [1.82, 2.24) is 0 Å². The van der Waals surface area contributed by atoms with Crippen LogP contribution in [-0.4, -0.2) is 32.1 Å². The van der Waals surface area contributed by atoms with Crippen molar-refractivity contribution < 1.29 is 22.7 Å². The summed E-state index contributed by atoms with van der Waals surface area (Å²) in [4.78, 5) is 24.9. The largest absolute Gasteiger partial charge is 0.491 e. The fourth-order valence-corrected chi connectivity index (χ4v) is 5.21. The number of nitrogens with one attached hydrogen (secondary N) is 1. The third kappa shape index (κ3) is 4.42. The van der Waals surface area contributed by atoms with Crippen LogP contribution in [0, 0.1) is 5.41 Å². The normalized spacial score (nSPS) is 17.4. The highest BCUT2D eigenvalue weighted by molar-refractivity contribution is 7.94. The third-order valence-corrected chi connectivity index (χ3v) is 6.45. The number of sulfonamides is 1. The van der Waals surface area contributed by atoms with E-state index in [0.29, 0.717) is 17.0 Å². The average molecular weight is 416 g/mol. The zero-order valence-electron chi connectivity index (χ0n) is 16.8. The second-order valence-electron chi connectivity index (χ2n) is 7.90. The number of carbonyl (C=O) groups is 2. The maximum Gasteiger partial charge on any atom is 0.255 e. The summed E-state index contributed by atoms with van der Waals surface area (Å²) in [5.74, 6) is -0.345. The smallest absolute Gasteiger partial charge is 0.255 e. The number of rotatable bonds is 5. The Labute approximate surface area is 170 Å². The van der Waals surface area contributed by atoms with E-state index in [4.69, 9.17) is 4.74 Å². The zero-order chi connectivity index (χ0) is 21.4. The summed E-state index contributed by atoms with van der Waals surface area (Å²) in [7, 11) is -3.72. The van der Waals surface area contributed by atoms with Crippen molar-refractivity contribution in [3.05, 3.63) is 54.1 Å². The molecule has 0 spiro atoms. The van der Waals surface area contributed by atoms with Gasteiger partial charge in [0.15, 0.2) is 0 Å². The van der Waals surface area contributed by atoms with Gasteiger partial charge in [0.1, 0.15) is 5.75 Å². The number of ether oxygens (including phenoxy) is 1. The molecule has 3 rings (SSSR count). The van der Waals surface area contributed by atoms with E-state index in [1.807, 2.05) is 13.8 Å². The van der Waals surface area contributed by atoms with Gasteiger partial charge in [-0.05, 0) is 76.2 Å². The molecule has 1 aliphatic rings. The highest BCUT2D eigenvalue weighted by Gasteiger charge is 2.49. The first kappa shape index (κ1) is 20.9. The highest BCUT2D eigenvalue weighted by atomic mass is 32.2. The second-order valence-corrected chi connectivity index (χ2v) is 9.72. The van der Waals surface area contributed by atoms with Gasteiger partial charge in [0.2, 0.25) is 15.9 Å². The summed E-state index contributed by atoms with van der Waals surface area (Å²) in [5, 5.41) is 2.77. The first-order valence-corrected chi connectivity index (χ1v) is 10.9. The Morgan fingerprint density at radius 2 is 1.66 bits per heavy atom. The maximum atomic E-state index is 12.5. The molecule has 2 aromatic rings.